The second kappa shape index (κ2) is 6.15. The molecule has 1 amide bonds. The lowest BCUT2D eigenvalue weighted by molar-refractivity contribution is -0.385. The number of aliphatic hydroxyl groups is 1. The standard InChI is InChI=1S/C12H14ClN3O4/c13-11-8(5-7(6-14-11)16(19)20)12(18)15-9-3-1-2-4-10(9)17/h5-6,9-10,17H,1-4H2,(H,15,18)/t9-,10-/m1/s1. The van der Waals surface area contributed by atoms with Gasteiger partial charge in [0.25, 0.3) is 11.6 Å². The lowest BCUT2D eigenvalue weighted by atomic mass is 9.92. The molecule has 1 aromatic rings. The molecule has 1 fully saturated rings. The van der Waals surface area contributed by atoms with Gasteiger partial charge in [-0.15, -0.1) is 0 Å². The Labute approximate surface area is 120 Å². The first-order valence-corrected chi connectivity index (χ1v) is 6.65. The van der Waals surface area contributed by atoms with Crippen LogP contribution in [0.1, 0.15) is 36.0 Å². The number of rotatable bonds is 3. The number of halogens is 1. The fourth-order valence-electron chi connectivity index (χ4n) is 2.22. The summed E-state index contributed by atoms with van der Waals surface area (Å²) in [6.07, 6.45) is 3.54. The van der Waals surface area contributed by atoms with E-state index >= 15 is 0 Å². The smallest absolute Gasteiger partial charge is 0.288 e. The minimum Gasteiger partial charge on any atom is -0.391 e. The second-order valence-corrected chi connectivity index (χ2v) is 5.08. The molecule has 2 N–H and O–H groups in total. The molecule has 0 radical (unpaired) electrons. The highest BCUT2D eigenvalue weighted by molar-refractivity contribution is 6.32. The lowest BCUT2D eigenvalue weighted by Gasteiger charge is -2.28. The van der Waals surface area contributed by atoms with Gasteiger partial charge in [-0.2, -0.15) is 0 Å². The molecule has 1 saturated carbocycles. The van der Waals surface area contributed by atoms with Gasteiger partial charge in [0, 0.05) is 6.07 Å². The van der Waals surface area contributed by atoms with Gasteiger partial charge in [-0.1, -0.05) is 24.4 Å². The van der Waals surface area contributed by atoms with Crippen molar-refractivity contribution in [3.8, 4) is 0 Å². The van der Waals surface area contributed by atoms with Crippen molar-refractivity contribution in [2.45, 2.75) is 37.8 Å². The molecule has 0 unspecified atom stereocenters. The maximum Gasteiger partial charge on any atom is 0.288 e. The third-order valence-corrected chi connectivity index (χ3v) is 3.63. The summed E-state index contributed by atoms with van der Waals surface area (Å²) in [4.78, 5) is 25.8. The molecular weight excluding hydrogens is 286 g/mol. The molecule has 1 aromatic heterocycles. The maximum absolute atomic E-state index is 12.1. The SMILES string of the molecule is O=C(N[C@@H]1CCCC[C@H]1O)c1cc([N+](=O)[O-])cnc1Cl. The lowest BCUT2D eigenvalue weighted by Crippen LogP contribution is -2.45. The summed E-state index contributed by atoms with van der Waals surface area (Å²) in [6.45, 7) is 0. The molecule has 1 heterocycles. The van der Waals surface area contributed by atoms with Gasteiger partial charge in [-0.25, -0.2) is 4.98 Å². The molecular formula is C12H14ClN3O4. The van der Waals surface area contributed by atoms with Crippen LogP contribution in [0.4, 0.5) is 5.69 Å². The van der Waals surface area contributed by atoms with E-state index in [1.807, 2.05) is 0 Å². The first-order chi connectivity index (χ1) is 9.49. The summed E-state index contributed by atoms with van der Waals surface area (Å²) in [7, 11) is 0. The summed E-state index contributed by atoms with van der Waals surface area (Å²) in [5.74, 6) is -0.558. The van der Waals surface area contributed by atoms with Gasteiger partial charge in [0.1, 0.15) is 11.3 Å². The van der Waals surface area contributed by atoms with Crippen molar-refractivity contribution in [3.63, 3.8) is 0 Å². The molecule has 0 saturated heterocycles. The van der Waals surface area contributed by atoms with Crippen molar-refractivity contribution < 1.29 is 14.8 Å². The van der Waals surface area contributed by atoms with Gasteiger partial charge in [0.05, 0.1) is 22.6 Å². The van der Waals surface area contributed by atoms with Crippen molar-refractivity contribution in [2.24, 2.45) is 0 Å². The van der Waals surface area contributed by atoms with Crippen LogP contribution < -0.4 is 5.32 Å². The van der Waals surface area contributed by atoms with Crippen LogP contribution in [0, 0.1) is 10.1 Å². The predicted octanol–water partition coefficient (Wildman–Crippen LogP) is 1.68. The van der Waals surface area contributed by atoms with E-state index in [2.05, 4.69) is 10.3 Å². The number of carbonyl (C=O) groups is 1. The van der Waals surface area contributed by atoms with Gasteiger partial charge in [0.2, 0.25) is 0 Å². The zero-order valence-corrected chi connectivity index (χ0v) is 11.3. The molecule has 2 atom stereocenters. The topological polar surface area (TPSA) is 105 Å². The summed E-state index contributed by atoms with van der Waals surface area (Å²) in [5.41, 5.74) is -0.359. The molecule has 0 aromatic carbocycles. The molecule has 2 rings (SSSR count). The quantitative estimate of drug-likeness (QED) is 0.502. The molecule has 8 heteroatoms. The Morgan fingerprint density at radius 2 is 2.20 bits per heavy atom. The predicted molar refractivity (Wildman–Crippen MR) is 71.6 cm³/mol. The Bertz CT molecular complexity index is 537. The van der Waals surface area contributed by atoms with Gasteiger partial charge >= 0.3 is 0 Å². The summed E-state index contributed by atoms with van der Waals surface area (Å²) < 4.78 is 0. The number of aliphatic hydroxyl groups excluding tert-OH is 1. The Balaban J connectivity index is 2.16. The molecule has 0 aliphatic heterocycles. The van der Waals surface area contributed by atoms with E-state index in [0.29, 0.717) is 12.8 Å². The third kappa shape index (κ3) is 3.23. The Morgan fingerprint density at radius 3 is 2.85 bits per heavy atom. The molecule has 1 aliphatic rings. The minimum atomic E-state index is -0.643. The van der Waals surface area contributed by atoms with E-state index in [0.717, 1.165) is 25.1 Å². The van der Waals surface area contributed by atoms with Crippen LogP contribution >= 0.6 is 11.6 Å². The van der Waals surface area contributed by atoms with Crippen LogP contribution in [-0.2, 0) is 0 Å². The normalized spacial score (nSPS) is 22.3. The van der Waals surface area contributed by atoms with E-state index < -0.39 is 16.9 Å². The zero-order chi connectivity index (χ0) is 14.7. The third-order valence-electron chi connectivity index (χ3n) is 3.33. The fraction of sp³-hybridized carbons (Fsp3) is 0.500. The Kier molecular flexibility index (Phi) is 4.51. The number of nitrogens with zero attached hydrogens (tertiary/aromatic N) is 2. The number of hydrogen-bond acceptors (Lipinski definition) is 5. The number of nitrogens with one attached hydrogen (secondary N) is 1. The summed E-state index contributed by atoms with van der Waals surface area (Å²) in [5, 5.41) is 23.0. The average Bonchev–Trinajstić information content (AvgIpc) is 2.41. The molecule has 0 spiro atoms. The van der Waals surface area contributed by atoms with Crippen molar-refractivity contribution in [2.75, 3.05) is 0 Å². The first-order valence-electron chi connectivity index (χ1n) is 6.28. The second-order valence-electron chi connectivity index (χ2n) is 4.72. The van der Waals surface area contributed by atoms with E-state index in [-0.39, 0.29) is 22.4 Å². The van der Waals surface area contributed by atoms with Gasteiger partial charge in [0.15, 0.2) is 0 Å². The van der Waals surface area contributed by atoms with Gasteiger partial charge in [-0.3, -0.25) is 14.9 Å². The first kappa shape index (κ1) is 14.7. The molecule has 20 heavy (non-hydrogen) atoms. The molecule has 7 nitrogen and oxygen atoms in total. The number of hydrogen-bond donors (Lipinski definition) is 2. The molecule has 0 bridgehead atoms. The van der Waals surface area contributed by atoms with E-state index in [1.165, 1.54) is 0 Å². The van der Waals surface area contributed by atoms with Crippen molar-refractivity contribution in [3.05, 3.63) is 33.1 Å². The average molecular weight is 300 g/mol. The fourth-order valence-corrected chi connectivity index (χ4v) is 2.41. The van der Waals surface area contributed by atoms with E-state index in [1.54, 1.807) is 0 Å². The van der Waals surface area contributed by atoms with E-state index in [9.17, 15) is 20.0 Å². The maximum atomic E-state index is 12.1. The Morgan fingerprint density at radius 1 is 1.50 bits per heavy atom. The number of pyridine rings is 1. The highest BCUT2D eigenvalue weighted by Gasteiger charge is 2.26. The van der Waals surface area contributed by atoms with Crippen molar-refractivity contribution in [1.82, 2.24) is 10.3 Å². The number of amides is 1. The molecule has 108 valence electrons. The van der Waals surface area contributed by atoms with Crippen molar-refractivity contribution in [1.29, 1.82) is 0 Å². The number of aromatic nitrogens is 1. The highest BCUT2D eigenvalue weighted by atomic mass is 35.5. The summed E-state index contributed by atoms with van der Waals surface area (Å²) >= 11 is 5.79. The van der Waals surface area contributed by atoms with Crippen LogP contribution in [0.15, 0.2) is 12.3 Å². The van der Waals surface area contributed by atoms with Gasteiger partial charge < -0.3 is 10.4 Å². The van der Waals surface area contributed by atoms with Crippen LogP contribution in [0.25, 0.3) is 0 Å². The largest absolute Gasteiger partial charge is 0.391 e. The highest BCUT2D eigenvalue weighted by Crippen LogP contribution is 2.22. The van der Waals surface area contributed by atoms with Crippen molar-refractivity contribution >= 4 is 23.2 Å². The monoisotopic (exact) mass is 299 g/mol. The van der Waals surface area contributed by atoms with Crippen LogP contribution in [0.3, 0.4) is 0 Å². The minimum absolute atomic E-state index is 0.0568. The van der Waals surface area contributed by atoms with E-state index in [4.69, 9.17) is 11.6 Å². The van der Waals surface area contributed by atoms with Gasteiger partial charge in [-0.05, 0) is 12.8 Å². The Hall–Kier alpha value is -1.73. The van der Waals surface area contributed by atoms with Crippen LogP contribution in [-0.4, -0.2) is 33.1 Å². The number of nitro groups is 1. The zero-order valence-electron chi connectivity index (χ0n) is 10.6. The summed E-state index contributed by atoms with van der Waals surface area (Å²) in [6, 6.07) is 0.728. The molecule has 1 aliphatic carbocycles. The number of carbonyl (C=O) groups excluding carboxylic acids is 1. The van der Waals surface area contributed by atoms with Crippen LogP contribution in [0.5, 0.6) is 0 Å². The van der Waals surface area contributed by atoms with Crippen LogP contribution in [0.2, 0.25) is 5.15 Å².